The maximum Gasteiger partial charge on any atom is 0.315 e. The van der Waals surface area contributed by atoms with E-state index in [9.17, 15) is 14.0 Å². The second kappa shape index (κ2) is 8.32. The summed E-state index contributed by atoms with van der Waals surface area (Å²) in [5, 5.41) is 0. The molecule has 0 aromatic heterocycles. The lowest BCUT2D eigenvalue weighted by Gasteiger charge is -2.37. The lowest BCUT2D eigenvalue weighted by molar-refractivity contribution is -0.143. The van der Waals surface area contributed by atoms with E-state index < -0.39 is 23.6 Å². The summed E-state index contributed by atoms with van der Waals surface area (Å²) in [5.41, 5.74) is 2.98. The molecule has 0 saturated carbocycles. The minimum atomic E-state index is -0.824. The van der Waals surface area contributed by atoms with Crippen molar-refractivity contribution in [3.05, 3.63) is 82.8 Å². The number of carbonyl (C=O) groups excluding carboxylic acids is 2. The van der Waals surface area contributed by atoms with Gasteiger partial charge in [0.1, 0.15) is 11.7 Å². The first-order chi connectivity index (χ1) is 14.5. The number of hydrogen-bond acceptors (Lipinski definition) is 5. The fourth-order valence-corrected chi connectivity index (χ4v) is 4.39. The van der Waals surface area contributed by atoms with Crippen LogP contribution in [0.4, 0.5) is 4.39 Å². The third-order valence-electron chi connectivity index (χ3n) is 5.70. The highest BCUT2D eigenvalue weighted by Gasteiger charge is 2.44. The van der Waals surface area contributed by atoms with E-state index in [0.717, 1.165) is 5.56 Å². The molecule has 0 fully saturated rings. The van der Waals surface area contributed by atoms with E-state index in [4.69, 9.17) is 4.74 Å². The molecule has 2 aliphatic heterocycles. The standard InChI is InChI=1S/C24H23FN2O3/c1-15-21(24(29)30-2)22(17-10-6-7-11-18(17)25)23-19(26-15)13-27(14-20(23)28)12-16-8-4-3-5-9-16/h3-11,21-22H,12-14H2,1-2H3. The molecular weight excluding hydrogens is 383 g/mol. The maximum absolute atomic E-state index is 14.8. The van der Waals surface area contributed by atoms with Gasteiger partial charge in [0.25, 0.3) is 0 Å². The van der Waals surface area contributed by atoms with Gasteiger partial charge in [-0.3, -0.25) is 19.5 Å². The number of ketones is 1. The number of benzene rings is 2. The van der Waals surface area contributed by atoms with Gasteiger partial charge in [-0.15, -0.1) is 0 Å². The topological polar surface area (TPSA) is 59.0 Å². The van der Waals surface area contributed by atoms with Gasteiger partial charge in [-0.1, -0.05) is 48.5 Å². The zero-order chi connectivity index (χ0) is 21.3. The number of hydrogen-bond donors (Lipinski definition) is 0. The number of halogens is 1. The van der Waals surface area contributed by atoms with Gasteiger partial charge in [-0.25, -0.2) is 4.39 Å². The summed E-state index contributed by atoms with van der Waals surface area (Å²) >= 11 is 0. The number of Topliss-reactive ketones (excluding diaryl/α,β-unsaturated/α-hetero) is 1. The van der Waals surface area contributed by atoms with E-state index in [1.54, 1.807) is 25.1 Å². The Morgan fingerprint density at radius 3 is 2.53 bits per heavy atom. The van der Waals surface area contributed by atoms with Crippen LogP contribution in [0, 0.1) is 11.7 Å². The van der Waals surface area contributed by atoms with Crippen molar-refractivity contribution in [1.29, 1.82) is 0 Å². The molecular formula is C24H23FN2O3. The van der Waals surface area contributed by atoms with Crippen molar-refractivity contribution < 1.29 is 18.7 Å². The first-order valence-electron chi connectivity index (χ1n) is 9.89. The van der Waals surface area contributed by atoms with E-state index in [2.05, 4.69) is 4.99 Å². The van der Waals surface area contributed by atoms with Crippen molar-refractivity contribution in [2.24, 2.45) is 10.9 Å². The van der Waals surface area contributed by atoms with Gasteiger partial charge in [0.15, 0.2) is 5.78 Å². The van der Waals surface area contributed by atoms with Gasteiger partial charge in [0, 0.05) is 30.3 Å². The van der Waals surface area contributed by atoms with Gasteiger partial charge in [-0.05, 0) is 24.1 Å². The van der Waals surface area contributed by atoms with Crippen LogP contribution in [0.25, 0.3) is 0 Å². The molecule has 0 amide bonds. The zero-order valence-corrected chi connectivity index (χ0v) is 17.0. The molecule has 0 radical (unpaired) electrons. The van der Waals surface area contributed by atoms with Crippen LogP contribution < -0.4 is 0 Å². The Bertz CT molecular complexity index is 1050. The van der Waals surface area contributed by atoms with Crippen LogP contribution in [-0.2, 0) is 20.9 Å². The Kier molecular flexibility index (Phi) is 5.59. The SMILES string of the molecule is COC(=O)C1C(C)=NC2=C(C(=O)CN(Cc3ccccc3)C2)C1c1ccccc1F. The average Bonchev–Trinajstić information content (AvgIpc) is 2.73. The lowest BCUT2D eigenvalue weighted by atomic mass is 9.73. The highest BCUT2D eigenvalue weighted by Crippen LogP contribution is 2.42. The van der Waals surface area contributed by atoms with Gasteiger partial charge in [0.05, 0.1) is 19.4 Å². The van der Waals surface area contributed by atoms with Crippen LogP contribution in [0.3, 0.4) is 0 Å². The van der Waals surface area contributed by atoms with Crippen molar-refractivity contribution in [1.82, 2.24) is 4.90 Å². The van der Waals surface area contributed by atoms with E-state index in [1.807, 2.05) is 35.2 Å². The minimum absolute atomic E-state index is 0.134. The fraction of sp³-hybridized carbons (Fsp3) is 0.292. The highest BCUT2D eigenvalue weighted by atomic mass is 19.1. The van der Waals surface area contributed by atoms with Gasteiger partial charge in [0.2, 0.25) is 0 Å². The summed E-state index contributed by atoms with van der Waals surface area (Å²) in [6.07, 6.45) is 0. The van der Waals surface area contributed by atoms with E-state index in [0.29, 0.717) is 35.6 Å². The first-order valence-corrected chi connectivity index (χ1v) is 9.89. The molecule has 2 unspecified atom stereocenters. The predicted molar refractivity (Wildman–Crippen MR) is 112 cm³/mol. The van der Waals surface area contributed by atoms with Crippen molar-refractivity contribution in [2.75, 3.05) is 20.2 Å². The molecule has 5 nitrogen and oxygen atoms in total. The monoisotopic (exact) mass is 406 g/mol. The smallest absolute Gasteiger partial charge is 0.315 e. The normalized spacial score (nSPS) is 21.8. The molecule has 30 heavy (non-hydrogen) atoms. The molecule has 2 atom stereocenters. The molecule has 0 saturated heterocycles. The number of rotatable bonds is 4. The first kappa shape index (κ1) is 20.2. The van der Waals surface area contributed by atoms with Crippen LogP contribution in [0.2, 0.25) is 0 Å². The lowest BCUT2D eigenvalue weighted by Crippen LogP contribution is -2.44. The molecule has 0 spiro atoms. The summed E-state index contributed by atoms with van der Waals surface area (Å²) in [5.74, 6) is -2.66. The molecule has 2 aromatic rings. The quantitative estimate of drug-likeness (QED) is 0.729. The van der Waals surface area contributed by atoms with Crippen LogP contribution >= 0.6 is 0 Å². The molecule has 0 N–H and O–H groups in total. The molecule has 0 bridgehead atoms. The third-order valence-corrected chi connectivity index (χ3v) is 5.70. The van der Waals surface area contributed by atoms with E-state index in [1.165, 1.54) is 13.2 Å². The molecule has 2 heterocycles. The zero-order valence-electron chi connectivity index (χ0n) is 17.0. The minimum Gasteiger partial charge on any atom is -0.468 e. The van der Waals surface area contributed by atoms with Crippen molar-refractivity contribution in [3.63, 3.8) is 0 Å². The van der Waals surface area contributed by atoms with Crippen molar-refractivity contribution in [2.45, 2.75) is 19.4 Å². The van der Waals surface area contributed by atoms with Crippen LogP contribution in [-0.4, -0.2) is 42.6 Å². The summed E-state index contributed by atoms with van der Waals surface area (Å²) in [7, 11) is 1.29. The summed E-state index contributed by atoms with van der Waals surface area (Å²) < 4.78 is 19.7. The maximum atomic E-state index is 14.8. The number of aliphatic imine (C=N–C) groups is 1. The number of esters is 1. The Morgan fingerprint density at radius 2 is 1.83 bits per heavy atom. The van der Waals surface area contributed by atoms with Crippen molar-refractivity contribution in [3.8, 4) is 0 Å². The number of carbonyl (C=O) groups is 2. The molecule has 2 aliphatic rings. The third kappa shape index (κ3) is 3.71. The molecule has 2 aromatic carbocycles. The molecule has 6 heteroatoms. The number of methoxy groups -OCH3 is 1. The van der Waals surface area contributed by atoms with Gasteiger partial charge >= 0.3 is 5.97 Å². The Morgan fingerprint density at radius 1 is 1.13 bits per heavy atom. The number of nitrogens with zero attached hydrogens (tertiary/aromatic N) is 2. The van der Waals surface area contributed by atoms with E-state index in [-0.39, 0.29) is 12.3 Å². The predicted octanol–water partition coefficient (Wildman–Crippen LogP) is 3.51. The second-order valence-electron chi connectivity index (χ2n) is 7.67. The molecule has 0 aliphatic carbocycles. The van der Waals surface area contributed by atoms with Crippen LogP contribution in [0.15, 0.2) is 70.9 Å². The average molecular weight is 406 g/mol. The Balaban J connectivity index is 1.76. The van der Waals surface area contributed by atoms with Gasteiger partial charge in [-0.2, -0.15) is 0 Å². The second-order valence-corrected chi connectivity index (χ2v) is 7.67. The Labute approximate surface area is 174 Å². The van der Waals surface area contributed by atoms with Crippen molar-refractivity contribution >= 4 is 17.5 Å². The summed E-state index contributed by atoms with van der Waals surface area (Å²) in [4.78, 5) is 32.5. The van der Waals surface area contributed by atoms with Crippen LogP contribution in [0.1, 0.15) is 24.0 Å². The highest BCUT2D eigenvalue weighted by molar-refractivity contribution is 6.09. The fourth-order valence-electron chi connectivity index (χ4n) is 4.39. The van der Waals surface area contributed by atoms with E-state index >= 15 is 0 Å². The summed E-state index contributed by atoms with van der Waals surface area (Å²) in [6.45, 7) is 3.01. The largest absolute Gasteiger partial charge is 0.468 e. The number of ether oxygens (including phenoxy) is 1. The molecule has 154 valence electrons. The van der Waals surface area contributed by atoms with Gasteiger partial charge < -0.3 is 4.74 Å². The van der Waals surface area contributed by atoms with Crippen LogP contribution in [0.5, 0.6) is 0 Å². The summed E-state index contributed by atoms with van der Waals surface area (Å²) in [6, 6.07) is 16.2. The molecule has 4 rings (SSSR count). The Hall–Kier alpha value is -3.12.